The molecule has 0 aliphatic heterocycles. The highest BCUT2D eigenvalue weighted by Gasteiger charge is 2.01. The summed E-state index contributed by atoms with van der Waals surface area (Å²) in [5.41, 5.74) is 1.85. The van der Waals surface area contributed by atoms with E-state index < -0.39 is 6.67 Å². The van der Waals surface area contributed by atoms with E-state index >= 15 is 0 Å². The highest BCUT2D eigenvalue weighted by Crippen LogP contribution is 2.14. The number of aromatic nitrogens is 2. The van der Waals surface area contributed by atoms with E-state index in [9.17, 15) is 9.50 Å². The summed E-state index contributed by atoms with van der Waals surface area (Å²) in [6.07, 6.45) is 3.53. The Bertz CT molecular complexity index is 498. The summed E-state index contributed by atoms with van der Waals surface area (Å²) in [5, 5.41) is 16.8. The number of phenolic OH excluding ortho intramolecular Hbond substituents is 1. The van der Waals surface area contributed by atoms with Crippen LogP contribution in [0.15, 0.2) is 36.7 Å². The first-order valence-electron chi connectivity index (χ1n) is 5.84. The number of nitrogens with zero attached hydrogens (tertiary/aromatic N) is 2. The highest BCUT2D eigenvalue weighted by atomic mass is 19.1. The molecule has 0 bridgehead atoms. The molecule has 0 fully saturated rings. The topological polar surface area (TPSA) is 50.1 Å². The summed E-state index contributed by atoms with van der Waals surface area (Å²) in [4.78, 5) is 0. The standard InChI is InChI=1S/C13H16FN3O/c14-5-6-17-10-11(8-16-17)7-15-9-12-3-1-2-4-13(12)18/h1-4,8,10,15,18H,5-7,9H2. The van der Waals surface area contributed by atoms with Gasteiger partial charge in [-0.1, -0.05) is 18.2 Å². The smallest absolute Gasteiger partial charge is 0.120 e. The zero-order valence-electron chi connectivity index (χ0n) is 10.0. The summed E-state index contributed by atoms with van der Waals surface area (Å²) in [7, 11) is 0. The van der Waals surface area contributed by atoms with Gasteiger partial charge in [-0.3, -0.25) is 4.68 Å². The molecule has 0 saturated carbocycles. The normalized spacial score (nSPS) is 10.7. The van der Waals surface area contributed by atoms with E-state index in [1.54, 1.807) is 23.0 Å². The Morgan fingerprint density at radius 3 is 2.89 bits per heavy atom. The Labute approximate surface area is 105 Å². The molecule has 5 heteroatoms. The minimum atomic E-state index is -0.410. The minimum Gasteiger partial charge on any atom is -0.508 e. The number of hydrogen-bond donors (Lipinski definition) is 2. The zero-order chi connectivity index (χ0) is 12.8. The van der Waals surface area contributed by atoms with Crippen molar-refractivity contribution in [3.05, 3.63) is 47.8 Å². The Morgan fingerprint density at radius 1 is 1.28 bits per heavy atom. The van der Waals surface area contributed by atoms with Gasteiger partial charge in [0.05, 0.1) is 12.7 Å². The van der Waals surface area contributed by atoms with Crippen molar-refractivity contribution in [3.63, 3.8) is 0 Å². The maximum atomic E-state index is 12.1. The van der Waals surface area contributed by atoms with Crippen LogP contribution in [0.4, 0.5) is 4.39 Å². The number of phenols is 1. The fourth-order valence-corrected chi connectivity index (χ4v) is 1.71. The molecule has 2 N–H and O–H groups in total. The molecule has 0 aliphatic rings. The van der Waals surface area contributed by atoms with Crippen molar-refractivity contribution in [1.82, 2.24) is 15.1 Å². The fourth-order valence-electron chi connectivity index (χ4n) is 1.71. The van der Waals surface area contributed by atoms with Gasteiger partial charge in [0, 0.05) is 30.4 Å². The van der Waals surface area contributed by atoms with Gasteiger partial charge in [0.15, 0.2) is 0 Å². The van der Waals surface area contributed by atoms with Crippen LogP contribution in [0.25, 0.3) is 0 Å². The van der Waals surface area contributed by atoms with Gasteiger partial charge in [0.1, 0.15) is 12.4 Å². The van der Waals surface area contributed by atoms with Crippen molar-refractivity contribution in [3.8, 4) is 5.75 Å². The zero-order valence-corrected chi connectivity index (χ0v) is 10.0. The molecule has 2 aromatic rings. The third-order valence-corrected chi connectivity index (χ3v) is 2.64. The molecule has 0 aliphatic carbocycles. The van der Waals surface area contributed by atoms with Gasteiger partial charge in [-0.25, -0.2) is 4.39 Å². The molecular formula is C13H16FN3O. The second kappa shape index (κ2) is 6.16. The van der Waals surface area contributed by atoms with E-state index in [-0.39, 0.29) is 5.75 Å². The summed E-state index contributed by atoms with van der Waals surface area (Å²) in [6.45, 7) is 1.10. The summed E-state index contributed by atoms with van der Waals surface area (Å²) in [5.74, 6) is 0.290. The number of benzene rings is 1. The van der Waals surface area contributed by atoms with E-state index in [2.05, 4.69) is 10.4 Å². The van der Waals surface area contributed by atoms with Crippen molar-refractivity contribution in [2.75, 3.05) is 6.67 Å². The molecule has 18 heavy (non-hydrogen) atoms. The predicted molar refractivity (Wildman–Crippen MR) is 66.9 cm³/mol. The van der Waals surface area contributed by atoms with Gasteiger partial charge in [-0.15, -0.1) is 0 Å². The van der Waals surface area contributed by atoms with Crippen LogP contribution in [0.1, 0.15) is 11.1 Å². The first-order valence-corrected chi connectivity index (χ1v) is 5.84. The van der Waals surface area contributed by atoms with E-state index in [4.69, 9.17) is 0 Å². The predicted octanol–water partition coefficient (Wildman–Crippen LogP) is 1.85. The Morgan fingerprint density at radius 2 is 2.11 bits per heavy atom. The number of aryl methyl sites for hydroxylation is 1. The van der Waals surface area contributed by atoms with Gasteiger partial charge in [-0.05, 0) is 6.07 Å². The lowest BCUT2D eigenvalue weighted by Crippen LogP contribution is -2.12. The van der Waals surface area contributed by atoms with Crippen LogP contribution in [0.3, 0.4) is 0 Å². The van der Waals surface area contributed by atoms with E-state index in [1.807, 2.05) is 18.3 Å². The molecule has 0 amide bonds. The average molecular weight is 249 g/mol. The maximum absolute atomic E-state index is 12.1. The van der Waals surface area contributed by atoms with Crippen LogP contribution < -0.4 is 5.32 Å². The van der Waals surface area contributed by atoms with Crippen LogP contribution >= 0.6 is 0 Å². The quantitative estimate of drug-likeness (QED) is 0.821. The molecule has 0 spiro atoms. The average Bonchev–Trinajstić information content (AvgIpc) is 2.80. The Balaban J connectivity index is 1.83. The van der Waals surface area contributed by atoms with E-state index in [0.29, 0.717) is 19.6 Å². The molecule has 0 saturated heterocycles. The van der Waals surface area contributed by atoms with Crippen molar-refractivity contribution in [2.45, 2.75) is 19.6 Å². The lowest BCUT2D eigenvalue weighted by molar-refractivity contribution is 0.427. The van der Waals surface area contributed by atoms with Gasteiger partial charge >= 0.3 is 0 Å². The molecule has 0 unspecified atom stereocenters. The summed E-state index contributed by atoms with van der Waals surface area (Å²) >= 11 is 0. The van der Waals surface area contributed by atoms with Crippen LogP contribution in [0.2, 0.25) is 0 Å². The number of nitrogens with one attached hydrogen (secondary N) is 1. The molecule has 1 aromatic heterocycles. The van der Waals surface area contributed by atoms with Crippen molar-refractivity contribution in [1.29, 1.82) is 0 Å². The Hall–Kier alpha value is -1.88. The fraction of sp³-hybridized carbons (Fsp3) is 0.308. The van der Waals surface area contributed by atoms with Crippen LogP contribution in [0, 0.1) is 0 Å². The monoisotopic (exact) mass is 249 g/mol. The summed E-state index contributed by atoms with van der Waals surface area (Å²) in [6, 6.07) is 7.21. The first kappa shape index (κ1) is 12.6. The third-order valence-electron chi connectivity index (χ3n) is 2.64. The van der Waals surface area contributed by atoms with Gasteiger partial charge < -0.3 is 10.4 Å². The molecule has 0 radical (unpaired) electrons. The Kier molecular flexibility index (Phi) is 4.30. The number of rotatable bonds is 6. The van der Waals surface area contributed by atoms with Gasteiger partial charge in [-0.2, -0.15) is 5.10 Å². The molecule has 0 atom stereocenters. The highest BCUT2D eigenvalue weighted by molar-refractivity contribution is 5.31. The second-order valence-electron chi connectivity index (χ2n) is 4.03. The molecule has 4 nitrogen and oxygen atoms in total. The van der Waals surface area contributed by atoms with Crippen LogP contribution in [-0.2, 0) is 19.6 Å². The lowest BCUT2D eigenvalue weighted by Gasteiger charge is -2.05. The molecule has 2 rings (SSSR count). The third kappa shape index (κ3) is 3.30. The van der Waals surface area contributed by atoms with Gasteiger partial charge in [0.25, 0.3) is 0 Å². The SMILES string of the molecule is Oc1ccccc1CNCc1cnn(CCF)c1. The van der Waals surface area contributed by atoms with Crippen molar-refractivity contribution < 1.29 is 9.50 Å². The number of aromatic hydroxyl groups is 1. The van der Waals surface area contributed by atoms with E-state index in [0.717, 1.165) is 11.1 Å². The number of hydrogen-bond acceptors (Lipinski definition) is 3. The molecule has 1 aromatic carbocycles. The molecule has 1 heterocycles. The van der Waals surface area contributed by atoms with E-state index in [1.165, 1.54) is 0 Å². The number of halogens is 1. The van der Waals surface area contributed by atoms with Crippen molar-refractivity contribution in [2.24, 2.45) is 0 Å². The largest absolute Gasteiger partial charge is 0.508 e. The second-order valence-corrected chi connectivity index (χ2v) is 4.03. The van der Waals surface area contributed by atoms with Crippen molar-refractivity contribution >= 4 is 0 Å². The minimum absolute atomic E-state index is 0.290. The van der Waals surface area contributed by atoms with Crippen LogP contribution in [0.5, 0.6) is 5.75 Å². The van der Waals surface area contributed by atoms with Crippen LogP contribution in [-0.4, -0.2) is 21.6 Å². The van der Waals surface area contributed by atoms with Gasteiger partial charge in [0.2, 0.25) is 0 Å². The lowest BCUT2D eigenvalue weighted by atomic mass is 10.2. The number of alkyl halides is 1. The number of para-hydroxylation sites is 1. The summed E-state index contributed by atoms with van der Waals surface area (Å²) < 4.78 is 13.7. The molecular weight excluding hydrogens is 233 g/mol. The first-order chi connectivity index (χ1) is 8.79. The molecule has 96 valence electrons. The maximum Gasteiger partial charge on any atom is 0.120 e.